The molecule has 0 amide bonds. The van der Waals surface area contributed by atoms with Crippen molar-refractivity contribution in [3.63, 3.8) is 0 Å². The number of benzene rings is 1. The Morgan fingerprint density at radius 3 is 2.80 bits per heavy atom. The van der Waals surface area contributed by atoms with Crippen LogP contribution in [-0.4, -0.2) is 23.1 Å². The molecular formula is C14H15Cl2N3O. The molecule has 0 aliphatic heterocycles. The van der Waals surface area contributed by atoms with E-state index in [2.05, 4.69) is 15.3 Å². The largest absolute Gasteiger partial charge is 0.478 e. The number of anilines is 1. The average molecular weight is 312 g/mol. The van der Waals surface area contributed by atoms with Crippen LogP contribution in [0.25, 0.3) is 0 Å². The molecule has 0 spiro atoms. The van der Waals surface area contributed by atoms with Crippen molar-refractivity contribution in [2.24, 2.45) is 0 Å². The van der Waals surface area contributed by atoms with E-state index in [0.29, 0.717) is 29.1 Å². The predicted octanol–water partition coefficient (Wildman–Crippen LogP) is 3.84. The van der Waals surface area contributed by atoms with E-state index in [4.69, 9.17) is 27.9 Å². The first-order valence-corrected chi connectivity index (χ1v) is 7.07. The van der Waals surface area contributed by atoms with Gasteiger partial charge in [0.05, 0.1) is 6.61 Å². The zero-order valence-electron chi connectivity index (χ0n) is 11.1. The Hall–Kier alpha value is -1.52. The molecule has 0 radical (unpaired) electrons. The van der Waals surface area contributed by atoms with E-state index in [1.807, 2.05) is 19.1 Å². The van der Waals surface area contributed by atoms with Crippen molar-refractivity contribution in [3.8, 4) is 5.88 Å². The van der Waals surface area contributed by atoms with Gasteiger partial charge in [0, 0.05) is 22.7 Å². The number of rotatable bonds is 6. The van der Waals surface area contributed by atoms with E-state index >= 15 is 0 Å². The lowest BCUT2D eigenvalue weighted by molar-refractivity contribution is 0.326. The molecule has 106 valence electrons. The van der Waals surface area contributed by atoms with Gasteiger partial charge in [-0.05, 0) is 31.0 Å². The minimum absolute atomic E-state index is 0.564. The van der Waals surface area contributed by atoms with Gasteiger partial charge in [-0.25, -0.2) is 9.97 Å². The molecule has 1 aromatic heterocycles. The monoisotopic (exact) mass is 311 g/mol. The number of ether oxygens (including phenoxy) is 1. The lowest BCUT2D eigenvalue weighted by atomic mass is 10.1. The van der Waals surface area contributed by atoms with E-state index < -0.39 is 0 Å². The van der Waals surface area contributed by atoms with Crippen molar-refractivity contribution >= 4 is 29.0 Å². The number of nitrogens with zero attached hydrogens (tertiary/aromatic N) is 2. The Kier molecular flexibility index (Phi) is 5.44. The normalized spacial score (nSPS) is 10.3. The van der Waals surface area contributed by atoms with Gasteiger partial charge in [0.25, 0.3) is 0 Å². The highest BCUT2D eigenvalue weighted by Crippen LogP contribution is 2.21. The zero-order chi connectivity index (χ0) is 14.4. The van der Waals surface area contributed by atoms with Gasteiger partial charge < -0.3 is 10.1 Å². The van der Waals surface area contributed by atoms with Crippen LogP contribution in [-0.2, 0) is 6.42 Å². The SMILES string of the molecule is CCOc1cc(NCCc2ccc(Cl)cc2Cl)ncn1. The van der Waals surface area contributed by atoms with Crippen molar-refractivity contribution in [2.45, 2.75) is 13.3 Å². The van der Waals surface area contributed by atoms with E-state index in [1.165, 1.54) is 6.33 Å². The fourth-order valence-electron chi connectivity index (χ4n) is 1.71. The van der Waals surface area contributed by atoms with Crippen LogP contribution >= 0.6 is 23.2 Å². The third kappa shape index (κ3) is 4.25. The summed E-state index contributed by atoms with van der Waals surface area (Å²) >= 11 is 12.0. The molecule has 0 bridgehead atoms. The Balaban J connectivity index is 1.90. The summed E-state index contributed by atoms with van der Waals surface area (Å²) in [6.45, 7) is 3.21. The molecule has 2 rings (SSSR count). The number of halogens is 2. The number of aromatic nitrogens is 2. The third-order valence-electron chi connectivity index (χ3n) is 2.65. The number of hydrogen-bond donors (Lipinski definition) is 1. The Morgan fingerprint density at radius 2 is 2.05 bits per heavy atom. The summed E-state index contributed by atoms with van der Waals surface area (Å²) in [5.74, 6) is 1.29. The van der Waals surface area contributed by atoms with Crippen molar-refractivity contribution < 1.29 is 4.74 Å². The standard InChI is InChI=1S/C14H15Cl2N3O/c1-2-20-14-8-13(18-9-19-14)17-6-5-10-3-4-11(15)7-12(10)16/h3-4,7-9H,2,5-6H2,1H3,(H,17,18,19). The van der Waals surface area contributed by atoms with Gasteiger partial charge in [-0.2, -0.15) is 0 Å². The highest BCUT2D eigenvalue weighted by atomic mass is 35.5. The van der Waals surface area contributed by atoms with Crippen LogP contribution in [0.4, 0.5) is 5.82 Å². The van der Waals surface area contributed by atoms with E-state index in [0.717, 1.165) is 17.8 Å². The smallest absolute Gasteiger partial charge is 0.218 e. The highest BCUT2D eigenvalue weighted by molar-refractivity contribution is 6.35. The molecule has 2 aromatic rings. The summed E-state index contributed by atoms with van der Waals surface area (Å²) in [4.78, 5) is 8.14. The van der Waals surface area contributed by atoms with Gasteiger partial charge in [0.2, 0.25) is 5.88 Å². The third-order valence-corrected chi connectivity index (χ3v) is 3.24. The minimum Gasteiger partial charge on any atom is -0.478 e. The molecule has 1 aromatic carbocycles. The fourth-order valence-corrected chi connectivity index (χ4v) is 2.22. The molecule has 4 nitrogen and oxygen atoms in total. The van der Waals surface area contributed by atoms with Crippen molar-refractivity contribution in [3.05, 3.63) is 46.2 Å². The predicted molar refractivity (Wildman–Crippen MR) is 81.9 cm³/mol. The summed E-state index contributed by atoms with van der Waals surface area (Å²) in [5, 5.41) is 4.53. The topological polar surface area (TPSA) is 47.0 Å². The maximum atomic E-state index is 6.12. The summed E-state index contributed by atoms with van der Waals surface area (Å²) in [5.41, 5.74) is 1.04. The lowest BCUT2D eigenvalue weighted by Gasteiger charge is -2.08. The summed E-state index contributed by atoms with van der Waals surface area (Å²) in [6.07, 6.45) is 2.26. The minimum atomic E-state index is 0.564. The lowest BCUT2D eigenvalue weighted by Crippen LogP contribution is -2.07. The van der Waals surface area contributed by atoms with E-state index in [9.17, 15) is 0 Å². The van der Waals surface area contributed by atoms with Crippen LogP contribution in [0.1, 0.15) is 12.5 Å². The first-order valence-electron chi connectivity index (χ1n) is 6.31. The van der Waals surface area contributed by atoms with Crippen molar-refractivity contribution in [1.29, 1.82) is 0 Å². The Morgan fingerprint density at radius 1 is 1.20 bits per heavy atom. The second-order valence-corrected chi connectivity index (χ2v) is 4.93. The average Bonchev–Trinajstić information content (AvgIpc) is 2.42. The Bertz CT molecular complexity index is 578. The van der Waals surface area contributed by atoms with Crippen LogP contribution in [0.2, 0.25) is 10.0 Å². The zero-order valence-corrected chi connectivity index (χ0v) is 12.6. The molecule has 1 heterocycles. The molecular weight excluding hydrogens is 297 g/mol. The maximum absolute atomic E-state index is 6.12. The second kappa shape index (κ2) is 7.31. The first kappa shape index (κ1) is 14.9. The van der Waals surface area contributed by atoms with Crippen LogP contribution < -0.4 is 10.1 Å². The van der Waals surface area contributed by atoms with Crippen LogP contribution in [0.3, 0.4) is 0 Å². The number of hydrogen-bond acceptors (Lipinski definition) is 4. The van der Waals surface area contributed by atoms with Crippen LogP contribution in [0.5, 0.6) is 5.88 Å². The summed E-state index contributed by atoms with van der Waals surface area (Å²) in [7, 11) is 0. The van der Waals surface area contributed by atoms with Crippen LogP contribution in [0.15, 0.2) is 30.6 Å². The maximum Gasteiger partial charge on any atom is 0.218 e. The number of nitrogens with one attached hydrogen (secondary N) is 1. The van der Waals surface area contributed by atoms with E-state index in [1.54, 1.807) is 12.1 Å². The molecule has 20 heavy (non-hydrogen) atoms. The summed E-state index contributed by atoms with van der Waals surface area (Å²) < 4.78 is 5.32. The molecule has 0 aliphatic rings. The van der Waals surface area contributed by atoms with Crippen LogP contribution in [0, 0.1) is 0 Å². The van der Waals surface area contributed by atoms with E-state index in [-0.39, 0.29) is 0 Å². The van der Waals surface area contributed by atoms with Gasteiger partial charge >= 0.3 is 0 Å². The Labute approximate surface area is 128 Å². The van der Waals surface area contributed by atoms with Gasteiger partial charge in [-0.1, -0.05) is 29.3 Å². The molecule has 0 aliphatic carbocycles. The molecule has 1 N–H and O–H groups in total. The van der Waals surface area contributed by atoms with Gasteiger partial charge in [-0.3, -0.25) is 0 Å². The second-order valence-electron chi connectivity index (χ2n) is 4.09. The van der Waals surface area contributed by atoms with Gasteiger partial charge in [0.15, 0.2) is 0 Å². The molecule has 6 heteroatoms. The molecule has 0 fully saturated rings. The summed E-state index contributed by atoms with van der Waals surface area (Å²) in [6, 6.07) is 7.28. The van der Waals surface area contributed by atoms with Crippen molar-refractivity contribution in [2.75, 3.05) is 18.5 Å². The van der Waals surface area contributed by atoms with Gasteiger partial charge in [0.1, 0.15) is 12.1 Å². The molecule has 0 saturated heterocycles. The molecule has 0 saturated carbocycles. The highest BCUT2D eigenvalue weighted by Gasteiger charge is 2.02. The fraction of sp³-hybridized carbons (Fsp3) is 0.286. The quantitative estimate of drug-likeness (QED) is 0.880. The molecule has 0 unspecified atom stereocenters. The van der Waals surface area contributed by atoms with Crippen molar-refractivity contribution in [1.82, 2.24) is 9.97 Å². The molecule has 0 atom stereocenters. The van der Waals surface area contributed by atoms with Gasteiger partial charge in [-0.15, -0.1) is 0 Å². The first-order chi connectivity index (χ1) is 9.69.